The molecule has 0 saturated heterocycles. The van der Waals surface area contributed by atoms with Crippen molar-refractivity contribution in [2.75, 3.05) is 32.2 Å². The van der Waals surface area contributed by atoms with Gasteiger partial charge in [-0.1, -0.05) is 6.07 Å². The van der Waals surface area contributed by atoms with E-state index in [0.717, 1.165) is 17.9 Å². The van der Waals surface area contributed by atoms with Crippen LogP contribution in [0.3, 0.4) is 0 Å². The molecular formula is C11H19N3O. The van der Waals surface area contributed by atoms with Gasteiger partial charge in [-0.15, -0.1) is 0 Å². The van der Waals surface area contributed by atoms with Gasteiger partial charge in [0.15, 0.2) is 0 Å². The van der Waals surface area contributed by atoms with E-state index >= 15 is 0 Å². The predicted octanol–water partition coefficient (Wildman–Crippen LogP) is 1.18. The summed E-state index contributed by atoms with van der Waals surface area (Å²) in [6.45, 7) is 3.46. The summed E-state index contributed by atoms with van der Waals surface area (Å²) in [6, 6.07) is 3.92. The first-order valence-electron chi connectivity index (χ1n) is 5.07. The zero-order chi connectivity index (χ0) is 11.3. The van der Waals surface area contributed by atoms with Gasteiger partial charge in [0.1, 0.15) is 5.82 Å². The Kier molecular flexibility index (Phi) is 4.52. The van der Waals surface area contributed by atoms with Crippen molar-refractivity contribution in [3.8, 4) is 0 Å². The number of hydrogen-bond acceptors (Lipinski definition) is 4. The summed E-state index contributed by atoms with van der Waals surface area (Å²) in [4.78, 5) is 6.40. The van der Waals surface area contributed by atoms with Crippen LogP contribution in [0.5, 0.6) is 0 Å². The van der Waals surface area contributed by atoms with Crippen LogP contribution >= 0.6 is 0 Å². The molecule has 1 aromatic rings. The highest BCUT2D eigenvalue weighted by Crippen LogP contribution is 2.20. The van der Waals surface area contributed by atoms with Crippen molar-refractivity contribution in [3.63, 3.8) is 0 Å². The maximum atomic E-state index is 5.88. The molecule has 84 valence electrons. The van der Waals surface area contributed by atoms with Crippen molar-refractivity contribution >= 4 is 5.82 Å². The van der Waals surface area contributed by atoms with E-state index in [2.05, 4.69) is 9.88 Å². The molecule has 4 heteroatoms. The van der Waals surface area contributed by atoms with Crippen molar-refractivity contribution in [3.05, 3.63) is 23.9 Å². The van der Waals surface area contributed by atoms with Gasteiger partial charge in [0.25, 0.3) is 0 Å². The monoisotopic (exact) mass is 209 g/mol. The van der Waals surface area contributed by atoms with Crippen molar-refractivity contribution in [1.82, 2.24) is 4.98 Å². The molecule has 0 spiro atoms. The Morgan fingerprint density at radius 1 is 1.60 bits per heavy atom. The molecule has 0 bridgehead atoms. The molecule has 0 aliphatic heterocycles. The largest absolute Gasteiger partial charge is 0.383 e. The van der Waals surface area contributed by atoms with Crippen LogP contribution in [0, 0.1) is 0 Å². The molecule has 0 aliphatic rings. The van der Waals surface area contributed by atoms with Gasteiger partial charge in [0, 0.05) is 38.5 Å². The first kappa shape index (κ1) is 11.9. The molecule has 4 nitrogen and oxygen atoms in total. The molecule has 0 amide bonds. The van der Waals surface area contributed by atoms with Crippen LogP contribution in [0.15, 0.2) is 18.3 Å². The smallest absolute Gasteiger partial charge is 0.133 e. The fourth-order valence-corrected chi connectivity index (χ4v) is 1.42. The first-order chi connectivity index (χ1) is 7.16. The third-order valence-electron chi connectivity index (χ3n) is 2.30. The Hall–Kier alpha value is -1.13. The fraction of sp³-hybridized carbons (Fsp3) is 0.545. The Morgan fingerprint density at radius 2 is 2.33 bits per heavy atom. The highest BCUT2D eigenvalue weighted by Gasteiger charge is 2.10. The molecule has 2 N–H and O–H groups in total. The Labute approximate surface area is 91.1 Å². The lowest BCUT2D eigenvalue weighted by molar-refractivity contribution is 0.206. The van der Waals surface area contributed by atoms with Crippen LogP contribution in [0.2, 0.25) is 0 Å². The highest BCUT2D eigenvalue weighted by molar-refractivity contribution is 5.47. The van der Waals surface area contributed by atoms with Gasteiger partial charge in [-0.25, -0.2) is 4.98 Å². The number of nitrogens with zero attached hydrogens (tertiary/aromatic N) is 2. The number of rotatable bonds is 5. The number of likely N-dealkylation sites (N-methyl/N-ethyl adjacent to an activating group) is 1. The standard InChI is InChI=1S/C11H19N3O/c1-9(12)10-5-4-6-13-11(10)14(2)7-8-15-3/h4-6,9H,7-8,12H2,1-3H3. The molecule has 0 radical (unpaired) electrons. The van der Waals surface area contributed by atoms with Gasteiger partial charge in [0.05, 0.1) is 6.61 Å². The average Bonchev–Trinajstić information content (AvgIpc) is 2.25. The molecule has 1 atom stereocenters. The van der Waals surface area contributed by atoms with E-state index in [1.54, 1.807) is 13.3 Å². The normalized spacial score (nSPS) is 12.5. The van der Waals surface area contributed by atoms with E-state index in [9.17, 15) is 0 Å². The van der Waals surface area contributed by atoms with E-state index < -0.39 is 0 Å². The zero-order valence-corrected chi connectivity index (χ0v) is 9.60. The third kappa shape index (κ3) is 3.18. The van der Waals surface area contributed by atoms with E-state index in [-0.39, 0.29) is 6.04 Å². The van der Waals surface area contributed by atoms with Gasteiger partial charge < -0.3 is 15.4 Å². The summed E-state index contributed by atoms with van der Waals surface area (Å²) < 4.78 is 5.03. The summed E-state index contributed by atoms with van der Waals surface area (Å²) in [5, 5.41) is 0. The summed E-state index contributed by atoms with van der Waals surface area (Å²) in [5.74, 6) is 0.935. The van der Waals surface area contributed by atoms with E-state index in [1.807, 2.05) is 26.1 Å². The summed E-state index contributed by atoms with van der Waals surface area (Å²) in [6.07, 6.45) is 1.78. The molecule has 0 aromatic carbocycles. The zero-order valence-electron chi connectivity index (χ0n) is 9.60. The van der Waals surface area contributed by atoms with Gasteiger partial charge in [-0.3, -0.25) is 0 Å². The van der Waals surface area contributed by atoms with Crippen molar-refractivity contribution < 1.29 is 4.74 Å². The lowest BCUT2D eigenvalue weighted by Gasteiger charge is -2.21. The van der Waals surface area contributed by atoms with Crippen molar-refractivity contribution in [1.29, 1.82) is 0 Å². The topological polar surface area (TPSA) is 51.4 Å². The van der Waals surface area contributed by atoms with E-state index in [4.69, 9.17) is 10.5 Å². The maximum Gasteiger partial charge on any atom is 0.133 e. The van der Waals surface area contributed by atoms with Gasteiger partial charge >= 0.3 is 0 Å². The summed E-state index contributed by atoms with van der Waals surface area (Å²) >= 11 is 0. The van der Waals surface area contributed by atoms with Crippen LogP contribution in [0.4, 0.5) is 5.82 Å². The fourth-order valence-electron chi connectivity index (χ4n) is 1.42. The molecular weight excluding hydrogens is 190 g/mol. The van der Waals surface area contributed by atoms with Crippen LogP contribution in [0.1, 0.15) is 18.5 Å². The highest BCUT2D eigenvalue weighted by atomic mass is 16.5. The van der Waals surface area contributed by atoms with Crippen LogP contribution in [-0.2, 0) is 4.74 Å². The number of nitrogens with two attached hydrogens (primary N) is 1. The van der Waals surface area contributed by atoms with Crippen LogP contribution < -0.4 is 10.6 Å². The lowest BCUT2D eigenvalue weighted by atomic mass is 10.1. The van der Waals surface area contributed by atoms with Gasteiger partial charge in [-0.05, 0) is 13.0 Å². The molecule has 1 rings (SSSR count). The molecule has 15 heavy (non-hydrogen) atoms. The molecule has 0 saturated carbocycles. The average molecular weight is 209 g/mol. The minimum Gasteiger partial charge on any atom is -0.383 e. The summed E-state index contributed by atoms with van der Waals surface area (Å²) in [7, 11) is 3.69. The number of aromatic nitrogens is 1. The predicted molar refractivity (Wildman–Crippen MR) is 62.0 cm³/mol. The Balaban J connectivity index is 2.82. The Morgan fingerprint density at radius 3 is 2.93 bits per heavy atom. The molecule has 0 fully saturated rings. The molecule has 1 heterocycles. The number of methoxy groups -OCH3 is 1. The van der Waals surface area contributed by atoms with Crippen LogP contribution in [-0.4, -0.2) is 32.3 Å². The SMILES string of the molecule is COCCN(C)c1ncccc1C(C)N. The number of pyridine rings is 1. The van der Waals surface area contributed by atoms with E-state index in [1.165, 1.54) is 0 Å². The molecule has 1 aromatic heterocycles. The second kappa shape index (κ2) is 5.68. The number of ether oxygens (including phenoxy) is 1. The van der Waals surface area contributed by atoms with Crippen molar-refractivity contribution in [2.24, 2.45) is 5.73 Å². The van der Waals surface area contributed by atoms with Crippen molar-refractivity contribution in [2.45, 2.75) is 13.0 Å². The second-order valence-electron chi connectivity index (χ2n) is 3.62. The first-order valence-corrected chi connectivity index (χ1v) is 5.07. The third-order valence-corrected chi connectivity index (χ3v) is 2.30. The lowest BCUT2D eigenvalue weighted by Crippen LogP contribution is -2.25. The quantitative estimate of drug-likeness (QED) is 0.791. The maximum absolute atomic E-state index is 5.88. The molecule has 0 aliphatic carbocycles. The number of anilines is 1. The molecule has 1 unspecified atom stereocenters. The van der Waals surface area contributed by atoms with Gasteiger partial charge in [0.2, 0.25) is 0 Å². The summed E-state index contributed by atoms with van der Waals surface area (Å²) in [5.41, 5.74) is 6.95. The Bertz CT molecular complexity index is 302. The minimum atomic E-state index is -0.00121. The van der Waals surface area contributed by atoms with Crippen LogP contribution in [0.25, 0.3) is 0 Å². The minimum absolute atomic E-state index is 0.00121. The second-order valence-corrected chi connectivity index (χ2v) is 3.62. The number of hydrogen-bond donors (Lipinski definition) is 1. The van der Waals surface area contributed by atoms with E-state index in [0.29, 0.717) is 6.61 Å². The van der Waals surface area contributed by atoms with Gasteiger partial charge in [-0.2, -0.15) is 0 Å².